The molecule has 0 bridgehead atoms. The molecule has 5 nitrogen and oxygen atoms in total. The number of hydrogen-bond acceptors (Lipinski definition) is 3. The topological polar surface area (TPSA) is 41.4 Å². The summed E-state index contributed by atoms with van der Waals surface area (Å²) in [5.74, 6) is 0.347. The molecular formula is C15H24N4O. The molecule has 20 heavy (non-hydrogen) atoms. The Bertz CT molecular complexity index is 431. The lowest BCUT2D eigenvalue weighted by Crippen LogP contribution is -2.36. The van der Waals surface area contributed by atoms with Gasteiger partial charge in [-0.1, -0.05) is 0 Å². The molecule has 5 heteroatoms. The summed E-state index contributed by atoms with van der Waals surface area (Å²) >= 11 is 0. The molecule has 1 amide bonds. The Kier molecular flexibility index (Phi) is 4.35. The third-order valence-electron chi connectivity index (χ3n) is 4.50. The summed E-state index contributed by atoms with van der Waals surface area (Å²) in [6.07, 6.45) is 9.34. The number of nitrogens with zero attached hydrogens (tertiary/aromatic N) is 4. The second kappa shape index (κ2) is 6.39. The van der Waals surface area contributed by atoms with E-state index in [0.29, 0.717) is 11.9 Å². The molecule has 0 spiro atoms. The number of aromatic nitrogens is 2. The van der Waals surface area contributed by atoms with Crippen LogP contribution in [0.25, 0.3) is 0 Å². The highest BCUT2D eigenvalue weighted by molar-refractivity contribution is 5.77. The van der Waals surface area contributed by atoms with Crippen molar-refractivity contribution >= 4 is 5.91 Å². The molecule has 3 heterocycles. The maximum atomic E-state index is 11.6. The summed E-state index contributed by atoms with van der Waals surface area (Å²) in [5.41, 5.74) is 0. The van der Waals surface area contributed by atoms with Gasteiger partial charge < -0.3 is 4.90 Å². The first kappa shape index (κ1) is 13.6. The molecule has 110 valence electrons. The molecule has 2 aliphatic heterocycles. The fraction of sp³-hybridized carbons (Fsp3) is 0.733. The molecule has 1 atom stereocenters. The van der Waals surface area contributed by atoms with Crippen LogP contribution in [0.15, 0.2) is 18.5 Å². The Morgan fingerprint density at radius 3 is 2.95 bits per heavy atom. The zero-order valence-electron chi connectivity index (χ0n) is 12.1. The van der Waals surface area contributed by atoms with E-state index < -0.39 is 0 Å². The second-order valence-corrected chi connectivity index (χ2v) is 5.90. The first-order valence-electron chi connectivity index (χ1n) is 7.82. The molecule has 3 rings (SSSR count). The van der Waals surface area contributed by atoms with E-state index >= 15 is 0 Å². The van der Waals surface area contributed by atoms with E-state index in [0.717, 1.165) is 45.4 Å². The van der Waals surface area contributed by atoms with Crippen molar-refractivity contribution in [2.75, 3.05) is 26.2 Å². The van der Waals surface area contributed by atoms with Gasteiger partial charge in [-0.25, -0.2) is 0 Å². The zero-order valence-corrected chi connectivity index (χ0v) is 12.1. The van der Waals surface area contributed by atoms with Crippen LogP contribution in [0.3, 0.4) is 0 Å². The number of carbonyl (C=O) groups is 1. The maximum absolute atomic E-state index is 11.6. The molecule has 0 radical (unpaired) electrons. The van der Waals surface area contributed by atoms with Gasteiger partial charge in [-0.15, -0.1) is 0 Å². The van der Waals surface area contributed by atoms with E-state index in [1.807, 2.05) is 28.0 Å². The van der Waals surface area contributed by atoms with E-state index in [-0.39, 0.29) is 0 Å². The minimum atomic E-state index is 0.347. The summed E-state index contributed by atoms with van der Waals surface area (Å²) in [6.45, 7) is 5.20. The van der Waals surface area contributed by atoms with Gasteiger partial charge in [0.1, 0.15) is 0 Å². The van der Waals surface area contributed by atoms with Gasteiger partial charge in [-0.3, -0.25) is 14.4 Å². The standard InChI is InChI=1S/C15H24N4O/c20-15-6-2-9-18(15)11-4-10-17-8-1-5-14(17)13-19-12-3-7-16-19/h3,7,12,14H,1-2,4-6,8-11,13H2/t14-/m0/s1. The Labute approximate surface area is 120 Å². The van der Waals surface area contributed by atoms with E-state index in [1.165, 1.54) is 19.4 Å². The predicted octanol–water partition coefficient (Wildman–Crippen LogP) is 1.36. The van der Waals surface area contributed by atoms with E-state index in [1.54, 1.807) is 0 Å². The minimum absolute atomic E-state index is 0.347. The van der Waals surface area contributed by atoms with Crippen LogP contribution in [0.4, 0.5) is 0 Å². The number of rotatable bonds is 6. The van der Waals surface area contributed by atoms with Crippen molar-refractivity contribution < 1.29 is 4.79 Å². The zero-order chi connectivity index (χ0) is 13.8. The molecule has 0 saturated carbocycles. The fourth-order valence-electron chi connectivity index (χ4n) is 3.43. The van der Waals surface area contributed by atoms with Gasteiger partial charge in [0.05, 0.1) is 6.54 Å². The molecule has 2 aliphatic rings. The van der Waals surface area contributed by atoms with Gasteiger partial charge >= 0.3 is 0 Å². The summed E-state index contributed by atoms with van der Waals surface area (Å²) in [5, 5.41) is 4.30. The van der Waals surface area contributed by atoms with E-state index in [4.69, 9.17) is 0 Å². The Morgan fingerprint density at radius 1 is 1.25 bits per heavy atom. The van der Waals surface area contributed by atoms with Crippen molar-refractivity contribution in [2.45, 2.75) is 44.7 Å². The number of likely N-dealkylation sites (tertiary alicyclic amines) is 2. The summed E-state index contributed by atoms with van der Waals surface area (Å²) in [4.78, 5) is 16.2. The van der Waals surface area contributed by atoms with Crippen molar-refractivity contribution in [1.29, 1.82) is 0 Å². The largest absolute Gasteiger partial charge is 0.343 e. The molecule has 1 aromatic heterocycles. The molecule has 0 aliphatic carbocycles. The van der Waals surface area contributed by atoms with Crippen LogP contribution in [-0.2, 0) is 11.3 Å². The van der Waals surface area contributed by atoms with Crippen LogP contribution in [0.1, 0.15) is 32.1 Å². The minimum Gasteiger partial charge on any atom is -0.343 e. The lowest BCUT2D eigenvalue weighted by molar-refractivity contribution is -0.127. The molecule has 2 fully saturated rings. The lowest BCUT2D eigenvalue weighted by Gasteiger charge is -2.25. The van der Waals surface area contributed by atoms with Gasteiger partial charge in [0, 0.05) is 44.5 Å². The SMILES string of the molecule is O=C1CCCN1CCCN1CCC[C@H]1Cn1cccn1. The highest BCUT2D eigenvalue weighted by Crippen LogP contribution is 2.19. The maximum Gasteiger partial charge on any atom is 0.222 e. The average molecular weight is 276 g/mol. The fourth-order valence-corrected chi connectivity index (χ4v) is 3.43. The number of amides is 1. The Morgan fingerprint density at radius 2 is 2.20 bits per heavy atom. The van der Waals surface area contributed by atoms with Gasteiger partial charge in [0.15, 0.2) is 0 Å². The second-order valence-electron chi connectivity index (χ2n) is 5.90. The Balaban J connectivity index is 1.43. The molecule has 0 unspecified atom stereocenters. The quantitative estimate of drug-likeness (QED) is 0.788. The van der Waals surface area contributed by atoms with E-state index in [2.05, 4.69) is 10.00 Å². The molecule has 0 aromatic carbocycles. The smallest absolute Gasteiger partial charge is 0.222 e. The van der Waals surface area contributed by atoms with Crippen LogP contribution in [0, 0.1) is 0 Å². The monoisotopic (exact) mass is 276 g/mol. The third kappa shape index (κ3) is 3.20. The summed E-state index contributed by atoms with van der Waals surface area (Å²) in [6, 6.07) is 2.60. The summed E-state index contributed by atoms with van der Waals surface area (Å²) < 4.78 is 2.03. The van der Waals surface area contributed by atoms with Crippen molar-refractivity contribution in [2.24, 2.45) is 0 Å². The third-order valence-corrected chi connectivity index (χ3v) is 4.50. The summed E-state index contributed by atoms with van der Waals surface area (Å²) in [7, 11) is 0. The van der Waals surface area contributed by atoms with Crippen LogP contribution in [-0.4, -0.2) is 57.7 Å². The van der Waals surface area contributed by atoms with Crippen molar-refractivity contribution in [3.63, 3.8) is 0 Å². The number of hydrogen-bond donors (Lipinski definition) is 0. The van der Waals surface area contributed by atoms with Gasteiger partial charge in [-0.05, 0) is 38.3 Å². The lowest BCUT2D eigenvalue weighted by atomic mass is 10.2. The van der Waals surface area contributed by atoms with Crippen LogP contribution < -0.4 is 0 Å². The van der Waals surface area contributed by atoms with Gasteiger partial charge in [-0.2, -0.15) is 5.10 Å². The van der Waals surface area contributed by atoms with Crippen molar-refractivity contribution in [3.8, 4) is 0 Å². The molecule has 2 saturated heterocycles. The molecule has 0 N–H and O–H groups in total. The van der Waals surface area contributed by atoms with Crippen LogP contribution in [0.5, 0.6) is 0 Å². The van der Waals surface area contributed by atoms with Crippen LogP contribution in [0.2, 0.25) is 0 Å². The van der Waals surface area contributed by atoms with Gasteiger partial charge in [0.2, 0.25) is 5.91 Å². The first-order valence-corrected chi connectivity index (χ1v) is 7.82. The van der Waals surface area contributed by atoms with E-state index in [9.17, 15) is 4.79 Å². The number of carbonyl (C=O) groups excluding carboxylic acids is 1. The highest BCUT2D eigenvalue weighted by atomic mass is 16.2. The van der Waals surface area contributed by atoms with Crippen molar-refractivity contribution in [3.05, 3.63) is 18.5 Å². The first-order chi connectivity index (χ1) is 9.83. The Hall–Kier alpha value is -1.36. The van der Waals surface area contributed by atoms with Gasteiger partial charge in [0.25, 0.3) is 0 Å². The predicted molar refractivity (Wildman–Crippen MR) is 77.3 cm³/mol. The molecule has 1 aromatic rings. The normalized spacial score (nSPS) is 23.9. The molecular weight excluding hydrogens is 252 g/mol. The highest BCUT2D eigenvalue weighted by Gasteiger charge is 2.25. The van der Waals surface area contributed by atoms with Crippen molar-refractivity contribution in [1.82, 2.24) is 19.6 Å². The van der Waals surface area contributed by atoms with Crippen LogP contribution >= 0.6 is 0 Å². The average Bonchev–Trinajstić information content (AvgIpc) is 3.15.